The summed E-state index contributed by atoms with van der Waals surface area (Å²) in [5.74, 6) is -2.60. The van der Waals surface area contributed by atoms with E-state index in [1.54, 1.807) is 24.3 Å². The van der Waals surface area contributed by atoms with Gasteiger partial charge in [0.15, 0.2) is 0 Å². The first-order valence-electron chi connectivity index (χ1n) is 7.13. The molecule has 0 bridgehead atoms. The van der Waals surface area contributed by atoms with Crippen LogP contribution in [-0.2, 0) is 25.7 Å². The van der Waals surface area contributed by atoms with Crippen molar-refractivity contribution in [3.8, 4) is 0 Å². The van der Waals surface area contributed by atoms with Gasteiger partial charge in [-0.15, -0.1) is 0 Å². The summed E-state index contributed by atoms with van der Waals surface area (Å²) in [5, 5.41) is 13.2. The van der Waals surface area contributed by atoms with E-state index in [-0.39, 0.29) is 19.4 Å². The second kappa shape index (κ2) is 9.82. The molecule has 3 amide bonds. The fourth-order valence-electron chi connectivity index (χ4n) is 1.74. The van der Waals surface area contributed by atoms with Gasteiger partial charge in [0, 0.05) is 6.42 Å². The van der Waals surface area contributed by atoms with Gasteiger partial charge in [0.2, 0.25) is 11.8 Å². The zero-order valence-corrected chi connectivity index (χ0v) is 12.9. The molecular weight excluding hydrogens is 318 g/mol. The summed E-state index contributed by atoms with van der Waals surface area (Å²) in [6.45, 7) is -0.412. The number of carboxylic acids is 1. The molecule has 24 heavy (non-hydrogen) atoms. The highest BCUT2D eigenvalue weighted by molar-refractivity contribution is 5.89. The molecule has 0 unspecified atom stereocenters. The van der Waals surface area contributed by atoms with E-state index in [2.05, 4.69) is 10.6 Å². The number of carbonyl (C=O) groups is 4. The van der Waals surface area contributed by atoms with Crippen molar-refractivity contribution in [3.63, 3.8) is 0 Å². The van der Waals surface area contributed by atoms with Crippen LogP contribution in [0, 0.1) is 0 Å². The molecule has 1 aromatic rings. The van der Waals surface area contributed by atoms with Crippen LogP contribution >= 0.6 is 0 Å². The van der Waals surface area contributed by atoms with Crippen LogP contribution in [0.4, 0.5) is 4.79 Å². The SMILES string of the molecule is NC(=O)CNC(=O)[C@@H](CCC(=O)O)NC(=O)OCc1ccccc1. The molecule has 1 rings (SSSR count). The highest BCUT2D eigenvalue weighted by Crippen LogP contribution is 2.03. The first-order chi connectivity index (χ1) is 11.4. The summed E-state index contributed by atoms with van der Waals surface area (Å²) in [4.78, 5) is 45.0. The van der Waals surface area contributed by atoms with Gasteiger partial charge in [-0.2, -0.15) is 0 Å². The molecule has 0 heterocycles. The number of alkyl carbamates (subject to hydrolysis) is 1. The lowest BCUT2D eigenvalue weighted by Gasteiger charge is -2.17. The Morgan fingerprint density at radius 3 is 2.42 bits per heavy atom. The van der Waals surface area contributed by atoms with Gasteiger partial charge in [-0.05, 0) is 12.0 Å². The van der Waals surface area contributed by atoms with Gasteiger partial charge in [-0.3, -0.25) is 14.4 Å². The third kappa shape index (κ3) is 7.78. The van der Waals surface area contributed by atoms with E-state index in [4.69, 9.17) is 15.6 Å². The second-order valence-electron chi connectivity index (χ2n) is 4.88. The number of ether oxygens (including phenoxy) is 1. The highest BCUT2D eigenvalue weighted by Gasteiger charge is 2.22. The summed E-state index contributed by atoms with van der Waals surface area (Å²) in [6.07, 6.45) is -1.36. The molecule has 9 nitrogen and oxygen atoms in total. The Hall–Kier alpha value is -3.10. The van der Waals surface area contributed by atoms with Crippen LogP contribution in [0.5, 0.6) is 0 Å². The number of benzene rings is 1. The first-order valence-corrected chi connectivity index (χ1v) is 7.13. The molecule has 0 spiro atoms. The number of carbonyl (C=O) groups excluding carboxylic acids is 3. The molecule has 0 fully saturated rings. The number of hydrogen-bond acceptors (Lipinski definition) is 5. The Kier molecular flexibility index (Phi) is 7.76. The normalized spacial score (nSPS) is 11.2. The lowest BCUT2D eigenvalue weighted by atomic mass is 10.1. The Labute approximate surface area is 138 Å². The Morgan fingerprint density at radius 1 is 1.17 bits per heavy atom. The Morgan fingerprint density at radius 2 is 1.83 bits per heavy atom. The van der Waals surface area contributed by atoms with E-state index in [1.165, 1.54) is 0 Å². The third-order valence-corrected chi connectivity index (χ3v) is 2.91. The second-order valence-corrected chi connectivity index (χ2v) is 4.88. The van der Waals surface area contributed by atoms with Crippen molar-refractivity contribution < 1.29 is 29.0 Å². The molecule has 1 atom stereocenters. The smallest absolute Gasteiger partial charge is 0.408 e. The van der Waals surface area contributed by atoms with E-state index in [9.17, 15) is 19.2 Å². The molecule has 0 saturated carbocycles. The molecule has 0 aromatic heterocycles. The summed E-state index contributed by atoms with van der Waals surface area (Å²) in [7, 11) is 0. The van der Waals surface area contributed by atoms with E-state index < -0.39 is 36.5 Å². The average Bonchev–Trinajstić information content (AvgIpc) is 2.55. The molecule has 5 N–H and O–H groups in total. The van der Waals surface area contributed by atoms with Crippen molar-refractivity contribution in [2.45, 2.75) is 25.5 Å². The minimum absolute atomic E-state index is 0.00122. The zero-order chi connectivity index (χ0) is 17.9. The molecule has 0 saturated heterocycles. The first kappa shape index (κ1) is 18.9. The van der Waals surface area contributed by atoms with Crippen molar-refractivity contribution >= 4 is 23.9 Å². The van der Waals surface area contributed by atoms with Crippen LogP contribution in [0.1, 0.15) is 18.4 Å². The fourth-order valence-corrected chi connectivity index (χ4v) is 1.74. The van der Waals surface area contributed by atoms with Crippen LogP contribution < -0.4 is 16.4 Å². The standard InChI is InChI=1S/C15H19N3O6/c16-12(19)8-17-14(22)11(6-7-13(20)21)18-15(23)24-9-10-4-2-1-3-5-10/h1-5,11H,6-9H2,(H2,16,19)(H,17,22)(H,18,23)(H,20,21)/t11-/m1/s1. The largest absolute Gasteiger partial charge is 0.481 e. The van der Waals surface area contributed by atoms with Crippen molar-refractivity contribution in [3.05, 3.63) is 35.9 Å². The van der Waals surface area contributed by atoms with E-state index in [1.807, 2.05) is 6.07 Å². The Bertz CT molecular complexity index is 590. The summed E-state index contributed by atoms with van der Waals surface area (Å²) >= 11 is 0. The van der Waals surface area contributed by atoms with Crippen molar-refractivity contribution in [2.75, 3.05) is 6.54 Å². The van der Waals surface area contributed by atoms with Gasteiger partial charge >= 0.3 is 12.1 Å². The van der Waals surface area contributed by atoms with Crippen LogP contribution in [0.2, 0.25) is 0 Å². The van der Waals surface area contributed by atoms with Crippen LogP contribution in [0.25, 0.3) is 0 Å². The molecule has 0 aliphatic rings. The van der Waals surface area contributed by atoms with Gasteiger partial charge in [-0.1, -0.05) is 30.3 Å². The molecule has 130 valence electrons. The number of nitrogens with two attached hydrogens (primary N) is 1. The maximum atomic E-state index is 11.9. The predicted octanol–water partition coefficient (Wildman–Crippen LogP) is -0.252. The van der Waals surface area contributed by atoms with E-state index in [0.29, 0.717) is 0 Å². The predicted molar refractivity (Wildman–Crippen MR) is 82.6 cm³/mol. The average molecular weight is 337 g/mol. The van der Waals surface area contributed by atoms with Crippen molar-refractivity contribution in [1.82, 2.24) is 10.6 Å². The molecule has 0 radical (unpaired) electrons. The quantitative estimate of drug-likeness (QED) is 0.488. The molecule has 1 aromatic carbocycles. The van der Waals surface area contributed by atoms with Crippen molar-refractivity contribution in [2.24, 2.45) is 5.73 Å². The third-order valence-electron chi connectivity index (χ3n) is 2.91. The maximum Gasteiger partial charge on any atom is 0.408 e. The topological polar surface area (TPSA) is 148 Å². The van der Waals surface area contributed by atoms with Gasteiger partial charge in [-0.25, -0.2) is 4.79 Å². The van der Waals surface area contributed by atoms with Crippen molar-refractivity contribution in [1.29, 1.82) is 0 Å². The summed E-state index contributed by atoms with van der Waals surface area (Å²) in [5.41, 5.74) is 5.67. The number of nitrogens with one attached hydrogen (secondary N) is 2. The lowest BCUT2D eigenvalue weighted by Crippen LogP contribution is -2.48. The number of aliphatic carboxylic acids is 1. The van der Waals surface area contributed by atoms with Crippen LogP contribution in [0.15, 0.2) is 30.3 Å². The maximum absolute atomic E-state index is 11.9. The number of carboxylic acid groups (broad SMARTS) is 1. The monoisotopic (exact) mass is 337 g/mol. The molecule has 0 aliphatic heterocycles. The fraction of sp³-hybridized carbons (Fsp3) is 0.333. The zero-order valence-electron chi connectivity index (χ0n) is 12.9. The van der Waals surface area contributed by atoms with Crippen LogP contribution in [0.3, 0.4) is 0 Å². The van der Waals surface area contributed by atoms with Crippen LogP contribution in [-0.4, -0.2) is 41.6 Å². The summed E-state index contributed by atoms with van der Waals surface area (Å²) < 4.78 is 4.97. The molecule has 9 heteroatoms. The van der Waals surface area contributed by atoms with Gasteiger partial charge in [0.05, 0.1) is 6.54 Å². The number of hydrogen-bond donors (Lipinski definition) is 4. The lowest BCUT2D eigenvalue weighted by molar-refractivity contribution is -0.137. The van der Waals surface area contributed by atoms with Gasteiger partial charge in [0.25, 0.3) is 0 Å². The molecular formula is C15H19N3O6. The highest BCUT2D eigenvalue weighted by atomic mass is 16.5. The Balaban J connectivity index is 2.55. The minimum atomic E-state index is -1.15. The molecule has 0 aliphatic carbocycles. The summed E-state index contributed by atoms with van der Waals surface area (Å²) in [6, 6.07) is 7.74. The van der Waals surface area contributed by atoms with E-state index >= 15 is 0 Å². The number of amides is 3. The number of primary amides is 1. The van der Waals surface area contributed by atoms with Gasteiger partial charge < -0.3 is 26.2 Å². The minimum Gasteiger partial charge on any atom is -0.481 e. The van der Waals surface area contributed by atoms with E-state index in [0.717, 1.165) is 5.56 Å². The van der Waals surface area contributed by atoms with Gasteiger partial charge in [0.1, 0.15) is 12.6 Å². The number of rotatable bonds is 9.